The first-order valence-corrected chi connectivity index (χ1v) is 0. The van der Waals surface area contributed by atoms with Crippen molar-refractivity contribution in [2.45, 2.75) is 0 Å². The van der Waals surface area contributed by atoms with E-state index in [-0.39, 0.29) is 71.6 Å². The zero-order chi connectivity index (χ0) is 0. The smallest absolute Gasteiger partial charge is 0 e. The molecule has 1 radical (unpaired) electrons. The summed E-state index contributed by atoms with van der Waals surface area (Å²) in [5.41, 5.74) is 0. The molecule has 0 N–H and O–H groups in total. The van der Waals surface area contributed by atoms with Gasteiger partial charge >= 0.3 is 0 Å². The Morgan fingerprint density at radius 2 is 0.500 bits per heavy atom. The van der Waals surface area contributed by atoms with E-state index in [4.69, 9.17) is 0 Å². The minimum absolute atomic E-state index is 0. The minimum atomic E-state index is 0. The molecule has 0 aromatic heterocycles. The van der Waals surface area contributed by atoms with Gasteiger partial charge in [0, 0.05) is 19.5 Å². The van der Waals surface area contributed by atoms with Gasteiger partial charge in [0.1, 0.15) is 0 Å². The second kappa shape index (κ2) is 18.9. The molecule has 0 rings (SSSR count). The van der Waals surface area contributed by atoms with Crippen LogP contribution in [0.15, 0.2) is 0 Å². The molecule has 0 saturated heterocycles. The topological polar surface area (TPSA) is 0 Å². The third kappa shape index (κ3) is 8.88. The first-order valence-electron chi connectivity index (χ1n) is 0. The van der Waals surface area contributed by atoms with E-state index in [0.717, 1.165) is 0 Å². The van der Waals surface area contributed by atoms with Gasteiger partial charge in [-0.2, -0.15) is 0 Å². The molecule has 0 saturated carbocycles. The molecule has 4 heavy (non-hydrogen) atoms. The molecule has 0 aliphatic carbocycles. The Morgan fingerprint density at radius 1 is 0.500 bits per heavy atom. The summed E-state index contributed by atoms with van der Waals surface area (Å²) in [5.74, 6) is 0. The maximum absolute atomic E-state index is 0. The van der Waals surface area contributed by atoms with Crippen molar-refractivity contribution in [2.24, 2.45) is 0 Å². The van der Waals surface area contributed by atoms with Gasteiger partial charge < -0.3 is 0 Å². The van der Waals surface area contributed by atoms with Crippen LogP contribution in [0.1, 0.15) is 0 Å². The Labute approximate surface area is 70.9 Å². The monoisotopic (exact) mass is 193 g/mol. The average molecular weight is 193 g/mol. The van der Waals surface area contributed by atoms with Crippen molar-refractivity contribution in [3.63, 3.8) is 0 Å². The zero-order valence-corrected chi connectivity index (χ0v) is 1.97. The van der Waals surface area contributed by atoms with Gasteiger partial charge in [-0.05, 0) is 0 Å². The van der Waals surface area contributed by atoms with E-state index in [9.17, 15) is 0 Å². The third-order valence-electron chi connectivity index (χ3n) is 0. The molecule has 0 amide bonds. The van der Waals surface area contributed by atoms with E-state index in [1.165, 1.54) is 0 Å². The van der Waals surface area contributed by atoms with Gasteiger partial charge in [-0.15, -0.1) is 0 Å². The number of rotatable bonds is 0. The third-order valence-corrected chi connectivity index (χ3v) is 0. The summed E-state index contributed by atoms with van der Waals surface area (Å²) in [4.78, 5) is 0. The quantitative estimate of drug-likeness (QED) is 0.349. The fourth-order valence-corrected chi connectivity index (χ4v) is 0. The summed E-state index contributed by atoms with van der Waals surface area (Å²) in [6, 6.07) is 0. The van der Waals surface area contributed by atoms with Crippen LogP contribution in [0.25, 0.3) is 0 Å². The summed E-state index contributed by atoms with van der Waals surface area (Å²) in [7, 11) is 0. The van der Waals surface area contributed by atoms with E-state index in [2.05, 4.69) is 0 Å². The van der Waals surface area contributed by atoms with E-state index < -0.39 is 0 Å². The van der Waals surface area contributed by atoms with Crippen LogP contribution in [0.5, 0.6) is 0 Å². The van der Waals surface area contributed by atoms with Crippen molar-refractivity contribution in [1.82, 2.24) is 0 Å². The van der Waals surface area contributed by atoms with E-state index >= 15 is 0 Å². The van der Waals surface area contributed by atoms with Crippen LogP contribution >= 0.6 is 0 Å². The Balaban J connectivity index is 0. The predicted octanol–water partition coefficient (Wildman–Crippen LogP) is -3.55. The van der Waals surface area contributed by atoms with Crippen molar-refractivity contribution in [3.8, 4) is 0 Å². The molecule has 0 atom stereocenters. The maximum atomic E-state index is 0. The van der Waals surface area contributed by atoms with Crippen LogP contribution in [0.2, 0.25) is 0 Å². The largest absolute Gasteiger partial charge is 0.187 e. The molecular formula is H9Al3Rh. The first-order chi connectivity index (χ1) is 0. The van der Waals surface area contributed by atoms with E-state index in [1.807, 2.05) is 0 Å². The van der Waals surface area contributed by atoms with Crippen molar-refractivity contribution >= 4 is 52.1 Å². The molecule has 0 bridgehead atoms. The standard InChI is InChI=1S/3Al.Rh.9H. The van der Waals surface area contributed by atoms with Gasteiger partial charge in [0.15, 0.2) is 52.1 Å². The summed E-state index contributed by atoms with van der Waals surface area (Å²) < 4.78 is 0. The predicted molar refractivity (Wildman–Crippen MR) is 29.8 cm³/mol. The molecule has 0 spiro atoms. The van der Waals surface area contributed by atoms with Crippen LogP contribution in [-0.2, 0) is 19.5 Å². The summed E-state index contributed by atoms with van der Waals surface area (Å²) in [6.07, 6.45) is 0. The minimum Gasteiger partial charge on any atom is 0 e. The molecule has 0 aliphatic rings. The van der Waals surface area contributed by atoms with Crippen LogP contribution < -0.4 is 0 Å². The van der Waals surface area contributed by atoms with E-state index in [1.54, 1.807) is 0 Å². The first kappa shape index (κ1) is 34.4. The molecule has 4 heteroatoms. The molecule has 0 heterocycles. The van der Waals surface area contributed by atoms with Gasteiger partial charge in [-0.1, -0.05) is 0 Å². The number of hydrogen-bond donors (Lipinski definition) is 0. The molecule has 0 aromatic carbocycles. The van der Waals surface area contributed by atoms with Crippen LogP contribution in [-0.4, -0.2) is 52.1 Å². The molecule has 0 unspecified atom stereocenters. The van der Waals surface area contributed by atoms with Gasteiger partial charge in [-0.3, -0.25) is 0 Å². The van der Waals surface area contributed by atoms with Crippen molar-refractivity contribution in [2.75, 3.05) is 0 Å². The van der Waals surface area contributed by atoms with Crippen LogP contribution in [0, 0.1) is 0 Å². The molecule has 27 valence electrons. The Kier molecular flexibility index (Phi) is 162. The van der Waals surface area contributed by atoms with Crippen LogP contribution in [0.4, 0.5) is 0 Å². The molecule has 0 aliphatic heterocycles. The normalized spacial score (nSPS) is 0. The van der Waals surface area contributed by atoms with Crippen LogP contribution in [0.3, 0.4) is 0 Å². The van der Waals surface area contributed by atoms with Gasteiger partial charge in [0.2, 0.25) is 0 Å². The average Bonchev–Trinajstić information content (AvgIpc) is 0. The van der Waals surface area contributed by atoms with Gasteiger partial charge in [0.05, 0.1) is 0 Å². The summed E-state index contributed by atoms with van der Waals surface area (Å²) in [5, 5.41) is 0. The Hall–Kier alpha value is 2.22. The number of hydrogen-bond acceptors (Lipinski definition) is 0. The fraction of sp³-hybridized carbons (Fsp3) is 0. The van der Waals surface area contributed by atoms with Crippen molar-refractivity contribution in [3.05, 3.63) is 0 Å². The van der Waals surface area contributed by atoms with Crippen molar-refractivity contribution in [1.29, 1.82) is 0 Å². The maximum Gasteiger partial charge on any atom is 0.187 e. The van der Waals surface area contributed by atoms with Crippen molar-refractivity contribution < 1.29 is 19.5 Å². The zero-order valence-electron chi connectivity index (χ0n) is 0.333. The molecular weight excluding hydrogens is 184 g/mol. The Morgan fingerprint density at radius 3 is 0.500 bits per heavy atom. The second-order valence-corrected chi connectivity index (χ2v) is 0. The SMILES string of the molecule is [AlH3].[AlH3].[AlH3].[Rh]. The summed E-state index contributed by atoms with van der Waals surface area (Å²) >= 11 is 0. The Bertz CT molecular complexity index is 3.25. The summed E-state index contributed by atoms with van der Waals surface area (Å²) in [6.45, 7) is 0. The fourth-order valence-electron chi connectivity index (χ4n) is 0. The van der Waals surface area contributed by atoms with Gasteiger partial charge in [-0.25, -0.2) is 0 Å². The molecule has 0 aromatic rings. The van der Waals surface area contributed by atoms with Gasteiger partial charge in [0.25, 0.3) is 0 Å². The van der Waals surface area contributed by atoms with E-state index in [0.29, 0.717) is 0 Å². The molecule has 0 nitrogen and oxygen atoms in total. The molecule has 0 fully saturated rings. The second-order valence-electron chi connectivity index (χ2n) is 0.